The zero-order valence-electron chi connectivity index (χ0n) is 13.4. The Hall–Kier alpha value is -2.15. The number of benzene rings is 1. The second kappa shape index (κ2) is 6.39. The number of anilines is 1. The Bertz CT molecular complexity index is 742. The van der Waals surface area contributed by atoms with Gasteiger partial charge in [-0.1, -0.05) is 0 Å². The summed E-state index contributed by atoms with van der Waals surface area (Å²) in [5.41, 5.74) is 1.07. The van der Waals surface area contributed by atoms with Gasteiger partial charge in [-0.3, -0.25) is 4.79 Å². The van der Waals surface area contributed by atoms with Gasteiger partial charge in [-0.15, -0.1) is 0 Å². The van der Waals surface area contributed by atoms with Crippen molar-refractivity contribution in [2.75, 3.05) is 44.3 Å². The summed E-state index contributed by atoms with van der Waals surface area (Å²) >= 11 is 0. The van der Waals surface area contributed by atoms with E-state index in [0.29, 0.717) is 50.0 Å². The average molecular weight is 333 g/mol. The lowest BCUT2D eigenvalue weighted by Crippen LogP contribution is -2.48. The number of morpholine rings is 1. The van der Waals surface area contributed by atoms with Crippen molar-refractivity contribution in [2.45, 2.75) is 12.8 Å². The van der Waals surface area contributed by atoms with E-state index in [1.165, 1.54) is 12.1 Å². The van der Waals surface area contributed by atoms with Gasteiger partial charge in [0, 0.05) is 32.2 Å². The van der Waals surface area contributed by atoms with E-state index in [-0.39, 0.29) is 17.6 Å². The van der Waals surface area contributed by atoms with Crippen LogP contribution in [0.2, 0.25) is 0 Å². The van der Waals surface area contributed by atoms with Crippen molar-refractivity contribution in [3.05, 3.63) is 24.0 Å². The molecule has 2 fully saturated rings. The minimum Gasteiger partial charge on any atom is -0.423 e. The van der Waals surface area contributed by atoms with Crippen molar-refractivity contribution in [3.8, 4) is 0 Å². The average Bonchev–Trinajstić information content (AvgIpc) is 3.05. The van der Waals surface area contributed by atoms with Crippen molar-refractivity contribution < 1.29 is 18.3 Å². The van der Waals surface area contributed by atoms with Crippen molar-refractivity contribution in [2.24, 2.45) is 5.92 Å². The van der Waals surface area contributed by atoms with Gasteiger partial charge in [0.15, 0.2) is 5.58 Å². The quantitative estimate of drug-likeness (QED) is 0.842. The minimum atomic E-state index is -0.343. The molecule has 0 saturated carbocycles. The van der Waals surface area contributed by atoms with Crippen LogP contribution < -0.4 is 4.90 Å². The molecule has 128 valence electrons. The van der Waals surface area contributed by atoms with Crippen LogP contribution in [0, 0.1) is 11.7 Å². The molecule has 0 bridgehead atoms. The van der Waals surface area contributed by atoms with E-state index in [1.807, 2.05) is 9.80 Å². The van der Waals surface area contributed by atoms with Gasteiger partial charge in [0.05, 0.1) is 19.1 Å². The van der Waals surface area contributed by atoms with E-state index in [9.17, 15) is 9.18 Å². The molecule has 0 spiro atoms. The van der Waals surface area contributed by atoms with E-state index in [4.69, 9.17) is 9.15 Å². The van der Waals surface area contributed by atoms with Crippen molar-refractivity contribution in [1.29, 1.82) is 0 Å². The van der Waals surface area contributed by atoms with Crippen molar-refractivity contribution in [1.82, 2.24) is 9.88 Å². The van der Waals surface area contributed by atoms with Crippen LogP contribution >= 0.6 is 0 Å². The molecule has 7 heteroatoms. The molecule has 2 saturated heterocycles. The number of rotatable bonds is 2. The number of carbonyl (C=O) groups is 1. The molecule has 6 nitrogen and oxygen atoms in total. The van der Waals surface area contributed by atoms with Crippen LogP contribution in [0.25, 0.3) is 11.1 Å². The summed E-state index contributed by atoms with van der Waals surface area (Å²) in [6.45, 7) is 3.93. The number of oxazole rings is 1. The van der Waals surface area contributed by atoms with Crippen LogP contribution in [0.3, 0.4) is 0 Å². The molecule has 3 heterocycles. The number of ether oxygens (including phenoxy) is 1. The van der Waals surface area contributed by atoms with Crippen molar-refractivity contribution >= 4 is 23.0 Å². The molecule has 1 amide bonds. The lowest BCUT2D eigenvalue weighted by Gasteiger charge is -2.35. The topological polar surface area (TPSA) is 58.8 Å². The maximum atomic E-state index is 13.3. The zero-order chi connectivity index (χ0) is 16.5. The summed E-state index contributed by atoms with van der Waals surface area (Å²) in [7, 11) is 0. The highest BCUT2D eigenvalue weighted by molar-refractivity contribution is 5.80. The number of fused-ring (bicyclic) bond motifs is 1. The van der Waals surface area contributed by atoms with Crippen LogP contribution in [0.4, 0.5) is 10.4 Å². The first-order chi connectivity index (χ1) is 11.7. The monoisotopic (exact) mass is 333 g/mol. The van der Waals surface area contributed by atoms with Crippen molar-refractivity contribution in [3.63, 3.8) is 0 Å². The predicted octanol–water partition coefficient (Wildman–Crippen LogP) is 2.04. The first-order valence-electron chi connectivity index (χ1n) is 8.38. The number of hydrogen-bond donors (Lipinski definition) is 0. The molecular weight excluding hydrogens is 313 g/mol. The Labute approximate surface area is 139 Å². The summed E-state index contributed by atoms with van der Waals surface area (Å²) in [6, 6.07) is 4.79. The van der Waals surface area contributed by atoms with Gasteiger partial charge in [0.1, 0.15) is 11.3 Å². The molecule has 0 N–H and O–H groups in total. The largest absolute Gasteiger partial charge is 0.423 e. The summed E-state index contributed by atoms with van der Waals surface area (Å²) in [5.74, 6) is -0.210. The fourth-order valence-corrected chi connectivity index (χ4v) is 3.42. The SMILES string of the molecule is O=C(C1CCCN(c2nc3ccc(F)cc3o2)C1)N1CCOCC1. The molecule has 1 unspecified atom stereocenters. The van der Waals surface area contributed by atoms with Crippen LogP contribution in [-0.4, -0.2) is 55.2 Å². The number of nitrogens with zero attached hydrogens (tertiary/aromatic N) is 3. The minimum absolute atomic E-state index is 0.0522. The highest BCUT2D eigenvalue weighted by Crippen LogP contribution is 2.27. The van der Waals surface area contributed by atoms with Gasteiger partial charge in [-0.05, 0) is 25.0 Å². The molecular formula is C17H20FN3O3. The highest BCUT2D eigenvalue weighted by Gasteiger charge is 2.31. The van der Waals surface area contributed by atoms with Gasteiger partial charge >= 0.3 is 0 Å². The molecule has 2 aliphatic rings. The number of aromatic nitrogens is 1. The number of piperidine rings is 1. The van der Waals surface area contributed by atoms with Crippen LogP contribution in [0.15, 0.2) is 22.6 Å². The van der Waals surface area contributed by atoms with Gasteiger partial charge in [0.25, 0.3) is 6.01 Å². The van der Waals surface area contributed by atoms with E-state index < -0.39 is 0 Å². The van der Waals surface area contributed by atoms with Gasteiger partial charge < -0.3 is 19.0 Å². The number of amides is 1. The molecule has 24 heavy (non-hydrogen) atoms. The Morgan fingerprint density at radius 2 is 2.08 bits per heavy atom. The number of carbonyl (C=O) groups excluding carboxylic acids is 1. The first-order valence-corrected chi connectivity index (χ1v) is 8.38. The molecule has 1 aromatic carbocycles. The lowest BCUT2D eigenvalue weighted by molar-refractivity contribution is -0.139. The standard InChI is InChI=1S/C17H20FN3O3/c18-13-3-4-14-15(10-13)24-17(19-14)21-5-1-2-12(11-21)16(22)20-6-8-23-9-7-20/h3-4,10,12H,1-2,5-9,11H2. The van der Waals surface area contributed by atoms with Gasteiger partial charge in [-0.25, -0.2) is 4.39 Å². The van der Waals surface area contributed by atoms with E-state index >= 15 is 0 Å². The number of hydrogen-bond acceptors (Lipinski definition) is 5. The fourth-order valence-electron chi connectivity index (χ4n) is 3.42. The molecule has 4 rings (SSSR count). The van der Waals surface area contributed by atoms with Crippen LogP contribution in [0.1, 0.15) is 12.8 Å². The Morgan fingerprint density at radius 1 is 1.25 bits per heavy atom. The molecule has 2 aliphatic heterocycles. The molecule has 0 aliphatic carbocycles. The second-order valence-electron chi connectivity index (χ2n) is 6.33. The predicted molar refractivity (Wildman–Crippen MR) is 86.3 cm³/mol. The third kappa shape index (κ3) is 2.96. The summed E-state index contributed by atoms with van der Waals surface area (Å²) < 4.78 is 24.3. The Balaban J connectivity index is 1.50. The molecule has 1 aromatic heterocycles. The molecule has 0 radical (unpaired) electrons. The van der Waals surface area contributed by atoms with Gasteiger partial charge in [0.2, 0.25) is 5.91 Å². The van der Waals surface area contributed by atoms with Gasteiger partial charge in [-0.2, -0.15) is 4.98 Å². The maximum absolute atomic E-state index is 13.3. The summed E-state index contributed by atoms with van der Waals surface area (Å²) in [6.07, 6.45) is 1.79. The van der Waals surface area contributed by atoms with Crippen LogP contribution in [-0.2, 0) is 9.53 Å². The first kappa shape index (κ1) is 15.4. The summed E-state index contributed by atoms with van der Waals surface area (Å²) in [5, 5.41) is 0. The van der Waals surface area contributed by atoms with E-state index in [0.717, 1.165) is 19.4 Å². The Kier molecular flexibility index (Phi) is 4.10. The molecule has 2 aromatic rings. The number of halogens is 1. The Morgan fingerprint density at radius 3 is 2.92 bits per heavy atom. The highest BCUT2D eigenvalue weighted by atomic mass is 19.1. The third-order valence-corrected chi connectivity index (χ3v) is 4.70. The van der Waals surface area contributed by atoms with E-state index in [2.05, 4.69) is 4.98 Å². The van der Waals surface area contributed by atoms with E-state index in [1.54, 1.807) is 6.07 Å². The third-order valence-electron chi connectivity index (χ3n) is 4.70. The molecule has 1 atom stereocenters. The normalized spacial score (nSPS) is 22.1. The lowest BCUT2D eigenvalue weighted by atomic mass is 9.96. The maximum Gasteiger partial charge on any atom is 0.298 e. The van der Waals surface area contributed by atoms with Crippen LogP contribution in [0.5, 0.6) is 0 Å². The second-order valence-corrected chi connectivity index (χ2v) is 6.33. The zero-order valence-corrected chi connectivity index (χ0v) is 13.4. The smallest absolute Gasteiger partial charge is 0.298 e. The summed E-state index contributed by atoms with van der Waals surface area (Å²) in [4.78, 5) is 21.0. The fraction of sp³-hybridized carbons (Fsp3) is 0.529.